The van der Waals surface area contributed by atoms with Crippen molar-refractivity contribution in [2.75, 3.05) is 6.26 Å². The van der Waals surface area contributed by atoms with Gasteiger partial charge < -0.3 is 0 Å². The minimum absolute atomic E-state index is 0.329. The fraction of sp³-hybridized carbons (Fsp3) is 0.667. The molecule has 0 saturated heterocycles. The van der Waals surface area contributed by atoms with Crippen molar-refractivity contribution < 1.29 is 8.42 Å². The molecule has 1 N–H and O–H groups in total. The van der Waals surface area contributed by atoms with Crippen molar-refractivity contribution in [1.82, 2.24) is 15.2 Å². The van der Waals surface area contributed by atoms with Gasteiger partial charge in [0, 0.05) is 6.26 Å². The Bertz CT molecular complexity index is 368. The molecule has 5 nitrogen and oxygen atoms in total. The van der Waals surface area contributed by atoms with Crippen LogP contribution in [0.4, 0.5) is 0 Å². The summed E-state index contributed by atoms with van der Waals surface area (Å²) >= 11 is 0. The van der Waals surface area contributed by atoms with Crippen LogP contribution in [0.3, 0.4) is 0 Å². The molecule has 68 valence electrons. The van der Waals surface area contributed by atoms with Crippen LogP contribution in [0, 0.1) is 6.92 Å². The lowest BCUT2D eigenvalue weighted by Gasteiger charge is -2.02. The molecule has 1 aromatic rings. The van der Waals surface area contributed by atoms with Crippen LogP contribution >= 0.6 is 0 Å². The van der Waals surface area contributed by atoms with Crippen LogP contribution in [-0.4, -0.2) is 29.9 Å². The molecule has 0 amide bonds. The summed E-state index contributed by atoms with van der Waals surface area (Å²) in [5, 5.41) is 5.73. The number of aryl methyl sites for hydroxylation is 1. The number of sulfone groups is 1. The van der Waals surface area contributed by atoms with E-state index in [1.54, 1.807) is 13.8 Å². The lowest BCUT2D eigenvalue weighted by molar-refractivity contribution is 0.589. The minimum Gasteiger partial charge on any atom is -0.263 e. The second-order valence-corrected chi connectivity index (χ2v) is 5.12. The summed E-state index contributed by atoms with van der Waals surface area (Å²) in [6.45, 7) is 3.30. The van der Waals surface area contributed by atoms with Gasteiger partial charge in [0.15, 0.2) is 15.7 Å². The molecule has 1 rings (SSSR count). The van der Waals surface area contributed by atoms with E-state index >= 15 is 0 Å². The van der Waals surface area contributed by atoms with Crippen LogP contribution in [0.1, 0.15) is 23.8 Å². The zero-order valence-electron chi connectivity index (χ0n) is 7.20. The minimum atomic E-state index is -3.09. The maximum Gasteiger partial charge on any atom is 0.168 e. The van der Waals surface area contributed by atoms with Crippen molar-refractivity contribution >= 4 is 9.84 Å². The molecule has 1 heterocycles. The highest BCUT2D eigenvalue weighted by molar-refractivity contribution is 7.90. The molecule has 0 aliphatic rings. The zero-order chi connectivity index (χ0) is 9.35. The molecule has 1 unspecified atom stereocenters. The Balaban J connectivity index is 3.01. The molecule has 0 radical (unpaired) electrons. The number of aromatic amines is 1. The highest BCUT2D eigenvalue weighted by Crippen LogP contribution is 2.15. The van der Waals surface area contributed by atoms with Crippen molar-refractivity contribution in [3.05, 3.63) is 11.6 Å². The fourth-order valence-corrected chi connectivity index (χ4v) is 1.22. The van der Waals surface area contributed by atoms with E-state index in [4.69, 9.17) is 0 Å². The summed E-state index contributed by atoms with van der Waals surface area (Å²) in [4.78, 5) is 3.93. The van der Waals surface area contributed by atoms with Crippen molar-refractivity contribution in [2.45, 2.75) is 19.1 Å². The maximum absolute atomic E-state index is 11.0. The van der Waals surface area contributed by atoms with Crippen LogP contribution in [-0.2, 0) is 9.84 Å². The number of aromatic nitrogens is 3. The zero-order valence-corrected chi connectivity index (χ0v) is 8.01. The monoisotopic (exact) mass is 189 g/mol. The lowest BCUT2D eigenvalue weighted by atomic mass is 10.4. The predicted octanol–water partition coefficient (Wildman–Crippen LogP) is 0.219. The molecule has 0 aliphatic heterocycles. The SMILES string of the molecule is Cc1nc(C(C)S(C)(=O)=O)n[nH]1. The number of nitrogens with one attached hydrogen (secondary N) is 1. The molecule has 0 bridgehead atoms. The summed E-state index contributed by atoms with van der Waals surface area (Å²) < 4.78 is 22.1. The van der Waals surface area contributed by atoms with Crippen molar-refractivity contribution in [1.29, 1.82) is 0 Å². The van der Waals surface area contributed by atoms with E-state index in [1.807, 2.05) is 0 Å². The van der Waals surface area contributed by atoms with Gasteiger partial charge in [-0.25, -0.2) is 13.4 Å². The molecule has 12 heavy (non-hydrogen) atoms. The summed E-state index contributed by atoms with van der Waals surface area (Å²) in [5.41, 5.74) is 0. The predicted molar refractivity (Wildman–Crippen MR) is 44.4 cm³/mol. The van der Waals surface area contributed by atoms with Gasteiger partial charge in [-0.2, -0.15) is 5.10 Å². The Labute approximate surface area is 71.1 Å². The van der Waals surface area contributed by atoms with E-state index in [-0.39, 0.29) is 0 Å². The smallest absolute Gasteiger partial charge is 0.168 e. The van der Waals surface area contributed by atoms with Crippen LogP contribution in [0.25, 0.3) is 0 Å². The molecule has 0 aliphatic carbocycles. The molecular formula is C6H11N3O2S. The lowest BCUT2D eigenvalue weighted by Crippen LogP contribution is -2.09. The van der Waals surface area contributed by atoms with Gasteiger partial charge in [0.1, 0.15) is 11.1 Å². The van der Waals surface area contributed by atoms with Gasteiger partial charge in [-0.05, 0) is 13.8 Å². The Kier molecular flexibility index (Phi) is 2.18. The molecule has 0 aromatic carbocycles. The Morgan fingerprint density at radius 3 is 2.42 bits per heavy atom. The Morgan fingerprint density at radius 2 is 2.08 bits per heavy atom. The van der Waals surface area contributed by atoms with E-state index in [0.717, 1.165) is 0 Å². The highest BCUT2D eigenvalue weighted by atomic mass is 32.2. The van der Waals surface area contributed by atoms with E-state index in [1.165, 1.54) is 6.26 Å². The third kappa shape index (κ3) is 1.82. The van der Waals surface area contributed by atoms with Gasteiger partial charge >= 0.3 is 0 Å². The van der Waals surface area contributed by atoms with Crippen LogP contribution in [0.5, 0.6) is 0 Å². The normalized spacial score (nSPS) is 14.6. The molecular weight excluding hydrogens is 178 g/mol. The van der Waals surface area contributed by atoms with E-state index in [9.17, 15) is 8.42 Å². The van der Waals surface area contributed by atoms with Gasteiger partial charge in [0.25, 0.3) is 0 Å². The Hall–Kier alpha value is -0.910. The van der Waals surface area contributed by atoms with Gasteiger partial charge in [-0.1, -0.05) is 0 Å². The van der Waals surface area contributed by atoms with Crippen molar-refractivity contribution in [3.8, 4) is 0 Å². The van der Waals surface area contributed by atoms with Crippen molar-refractivity contribution in [3.63, 3.8) is 0 Å². The number of rotatable bonds is 2. The Morgan fingerprint density at radius 1 is 1.50 bits per heavy atom. The summed E-state index contributed by atoms with van der Waals surface area (Å²) in [5.74, 6) is 0.954. The fourth-order valence-electron chi connectivity index (χ4n) is 0.733. The van der Waals surface area contributed by atoms with E-state index in [0.29, 0.717) is 11.6 Å². The summed E-state index contributed by atoms with van der Waals surface area (Å²) in [6.07, 6.45) is 1.17. The van der Waals surface area contributed by atoms with Gasteiger partial charge in [0.2, 0.25) is 0 Å². The standard InChI is InChI=1S/C6H11N3O2S/c1-4(12(3,10)11)6-7-5(2)8-9-6/h4H,1-3H3,(H,7,8,9). The summed E-state index contributed by atoms with van der Waals surface area (Å²) in [6, 6.07) is 0. The number of H-pyrrole nitrogens is 1. The van der Waals surface area contributed by atoms with Crippen LogP contribution in [0.15, 0.2) is 0 Å². The van der Waals surface area contributed by atoms with Gasteiger partial charge in [0.05, 0.1) is 0 Å². The number of hydrogen-bond acceptors (Lipinski definition) is 4. The average Bonchev–Trinajstić information content (AvgIpc) is 2.32. The average molecular weight is 189 g/mol. The number of hydrogen-bond donors (Lipinski definition) is 1. The first kappa shape index (κ1) is 9.18. The molecule has 1 atom stereocenters. The van der Waals surface area contributed by atoms with Gasteiger partial charge in [-0.3, -0.25) is 5.10 Å². The van der Waals surface area contributed by atoms with E-state index < -0.39 is 15.1 Å². The third-order valence-corrected chi connectivity index (χ3v) is 3.12. The summed E-state index contributed by atoms with van der Waals surface area (Å²) in [7, 11) is -3.09. The molecule has 6 heteroatoms. The van der Waals surface area contributed by atoms with E-state index in [2.05, 4.69) is 15.2 Å². The maximum atomic E-state index is 11.0. The molecule has 0 saturated carbocycles. The van der Waals surface area contributed by atoms with Gasteiger partial charge in [-0.15, -0.1) is 0 Å². The van der Waals surface area contributed by atoms with Crippen LogP contribution < -0.4 is 0 Å². The second kappa shape index (κ2) is 2.85. The first-order valence-electron chi connectivity index (χ1n) is 3.49. The first-order valence-corrected chi connectivity index (χ1v) is 5.44. The molecule has 0 fully saturated rings. The van der Waals surface area contributed by atoms with Crippen molar-refractivity contribution in [2.24, 2.45) is 0 Å². The first-order chi connectivity index (χ1) is 5.41. The molecule has 0 spiro atoms. The topological polar surface area (TPSA) is 75.7 Å². The quantitative estimate of drug-likeness (QED) is 0.722. The highest BCUT2D eigenvalue weighted by Gasteiger charge is 2.20. The third-order valence-electron chi connectivity index (χ3n) is 1.62. The molecule has 1 aromatic heterocycles. The second-order valence-electron chi connectivity index (χ2n) is 2.75. The largest absolute Gasteiger partial charge is 0.263 e. The van der Waals surface area contributed by atoms with Crippen LogP contribution in [0.2, 0.25) is 0 Å². The number of nitrogens with zero attached hydrogens (tertiary/aromatic N) is 2.